The maximum atomic E-state index is 12.5. The highest BCUT2D eigenvalue weighted by atomic mass is 32.5. The van der Waals surface area contributed by atoms with E-state index in [9.17, 15) is 14.5 Å². The van der Waals surface area contributed by atoms with Crippen LogP contribution in [0.25, 0.3) is 0 Å². The largest absolute Gasteiger partial charge is 0.508 e. The number of urea groups is 1. The minimum Gasteiger partial charge on any atom is -0.434 e. The second-order valence-electron chi connectivity index (χ2n) is 9.08. The van der Waals surface area contributed by atoms with Gasteiger partial charge in [0.25, 0.3) is 0 Å². The van der Waals surface area contributed by atoms with Gasteiger partial charge in [-0.3, -0.25) is 5.32 Å². The smallest absolute Gasteiger partial charge is 0.434 e. The second kappa shape index (κ2) is 24.1. The molecule has 1 saturated carbocycles. The van der Waals surface area contributed by atoms with Gasteiger partial charge in [0.05, 0.1) is 6.04 Å². The quantitative estimate of drug-likeness (QED) is 0.154. The minimum absolute atomic E-state index is 0.0241. The molecule has 0 aromatic heterocycles. The van der Waals surface area contributed by atoms with Crippen LogP contribution >= 0.6 is 6.72 Å². The molecule has 0 saturated heterocycles. The molecule has 1 aromatic rings. The van der Waals surface area contributed by atoms with Crippen LogP contribution in [-0.2, 0) is 41.7 Å². The highest BCUT2D eigenvalue weighted by molar-refractivity contribution is 8.07. The van der Waals surface area contributed by atoms with Gasteiger partial charge in [-0.1, -0.05) is 36.3 Å². The molecule has 1 fully saturated rings. The Labute approximate surface area is 297 Å². The summed E-state index contributed by atoms with van der Waals surface area (Å²) in [4.78, 5) is 35.1. The fourth-order valence-electron chi connectivity index (χ4n) is 3.86. The molecule has 1 aliphatic carbocycles. The fourth-order valence-corrected chi connectivity index (χ4v) is 4.84. The van der Waals surface area contributed by atoms with E-state index in [0.717, 1.165) is 5.56 Å². The molecule has 0 heterocycles. The molecule has 248 valence electrons. The van der Waals surface area contributed by atoms with Crippen LogP contribution in [-0.4, -0.2) is 56.2 Å². The topological polar surface area (TPSA) is 125 Å². The Morgan fingerprint density at radius 3 is 1.82 bits per heavy atom. The van der Waals surface area contributed by atoms with Gasteiger partial charge in [-0.25, -0.2) is 9.59 Å². The van der Waals surface area contributed by atoms with E-state index in [-0.39, 0.29) is 19.6 Å². The Bertz CT molecular complexity index is 2090. The van der Waals surface area contributed by atoms with Gasteiger partial charge in [0.2, 0.25) is 0 Å². The summed E-state index contributed by atoms with van der Waals surface area (Å²) in [6.07, 6.45) is -2.34. The van der Waals surface area contributed by atoms with E-state index >= 15 is 0 Å². The lowest BCUT2D eigenvalue weighted by Gasteiger charge is -2.28. The van der Waals surface area contributed by atoms with Gasteiger partial charge in [0.15, 0.2) is 0 Å². The summed E-state index contributed by atoms with van der Waals surface area (Å²) in [6, 6.07) is 10.2. The van der Waals surface area contributed by atoms with Crippen LogP contribution in [0.2, 0.25) is 0 Å². The normalized spacial score (nSPS) is 16.7. The number of methoxy groups -OCH3 is 1. The standard InChI is InChI=1S/C38H27N2O8PS/c1-4-5-6-7-8-9-10-11-12-13-14-15-16-17-18-19-20-21-25-28-39-37(41)40-34-29-33(35(36(34)44-2)48-49(43,50)45-3)31-47-38(42)46-30-32-26-23-22-24-27-32/h22-24,26-27,33-36H,29-31H2,1-3H3,(H,43,50)(H2,39,40,41)/t33-,34+,35?,36-,49?/m1/s1. The zero-order chi connectivity index (χ0) is 36.3. The lowest BCUT2D eigenvalue weighted by atomic mass is 10.1. The molecular weight excluding hydrogens is 675 g/mol. The van der Waals surface area contributed by atoms with Crippen LogP contribution in [0.4, 0.5) is 9.59 Å². The summed E-state index contributed by atoms with van der Waals surface area (Å²) in [5.41, 5.74) is 0.786. The maximum Gasteiger partial charge on any atom is 0.508 e. The van der Waals surface area contributed by atoms with E-state index in [1.165, 1.54) is 14.2 Å². The molecule has 0 spiro atoms. The molecule has 10 nitrogen and oxygen atoms in total. The predicted octanol–water partition coefficient (Wildman–Crippen LogP) is 2.30. The lowest BCUT2D eigenvalue weighted by molar-refractivity contribution is -0.0254. The highest BCUT2D eigenvalue weighted by Gasteiger charge is 2.48. The first-order chi connectivity index (χ1) is 24.3. The van der Waals surface area contributed by atoms with Gasteiger partial charge in [-0.15, -0.1) is 0 Å². The number of ether oxygens (including phenoxy) is 3. The van der Waals surface area contributed by atoms with Crippen molar-refractivity contribution < 1.29 is 37.7 Å². The number of benzene rings is 1. The molecule has 2 unspecified atom stereocenters. The van der Waals surface area contributed by atoms with E-state index < -0.39 is 43.1 Å². The first-order valence-corrected chi connectivity index (χ1v) is 16.8. The molecule has 50 heavy (non-hydrogen) atoms. The van der Waals surface area contributed by atoms with Crippen molar-refractivity contribution in [3.8, 4) is 119 Å². The average Bonchev–Trinajstić information content (AvgIpc) is 3.43. The summed E-state index contributed by atoms with van der Waals surface area (Å²) < 4.78 is 26.6. The first kappa shape index (κ1) is 40.0. The predicted molar refractivity (Wildman–Crippen MR) is 189 cm³/mol. The maximum absolute atomic E-state index is 12.5. The van der Waals surface area contributed by atoms with Crippen LogP contribution < -0.4 is 10.6 Å². The van der Waals surface area contributed by atoms with Crippen molar-refractivity contribution in [2.45, 2.75) is 38.2 Å². The summed E-state index contributed by atoms with van der Waals surface area (Å²) in [5, 5.41) is 5.07. The van der Waals surface area contributed by atoms with Crippen molar-refractivity contribution in [2.24, 2.45) is 5.92 Å². The second-order valence-corrected chi connectivity index (χ2v) is 12.0. The number of carbonyl (C=O) groups is 2. The zero-order valence-corrected chi connectivity index (χ0v) is 28.7. The highest BCUT2D eigenvalue weighted by Crippen LogP contribution is 2.48. The molecule has 5 atom stereocenters. The van der Waals surface area contributed by atoms with Crippen molar-refractivity contribution in [1.29, 1.82) is 0 Å². The van der Waals surface area contributed by atoms with Gasteiger partial charge in [-0.2, -0.15) is 0 Å². The molecule has 1 aromatic carbocycles. The van der Waals surface area contributed by atoms with Crippen LogP contribution in [0.5, 0.6) is 0 Å². The van der Waals surface area contributed by atoms with Crippen LogP contribution in [0.1, 0.15) is 18.9 Å². The van der Waals surface area contributed by atoms with Crippen LogP contribution in [0.15, 0.2) is 30.3 Å². The Balaban J connectivity index is 1.89. The molecule has 0 bridgehead atoms. The first-order valence-electron chi connectivity index (χ1n) is 14.2. The molecule has 0 aliphatic heterocycles. The van der Waals surface area contributed by atoms with E-state index in [1.807, 2.05) is 18.2 Å². The molecule has 0 radical (unpaired) electrons. The van der Waals surface area contributed by atoms with Crippen molar-refractivity contribution in [1.82, 2.24) is 10.6 Å². The summed E-state index contributed by atoms with van der Waals surface area (Å²) in [7, 11) is 2.61. The molecule has 2 amide bonds. The Kier molecular flexibility index (Phi) is 19.3. The third-order valence-corrected chi connectivity index (χ3v) is 7.53. The molecule has 12 heteroatoms. The number of amides is 2. The van der Waals surface area contributed by atoms with Gasteiger partial charge in [-0.05, 0) is 78.1 Å². The Hall–Kier alpha value is -6.15. The molecule has 1 aliphatic rings. The summed E-state index contributed by atoms with van der Waals surface area (Å²) >= 11 is 5.02. The van der Waals surface area contributed by atoms with E-state index in [2.05, 4.69) is 129 Å². The van der Waals surface area contributed by atoms with Gasteiger partial charge in [0.1, 0.15) is 25.4 Å². The summed E-state index contributed by atoms with van der Waals surface area (Å²) in [5.74, 6) is 46.9. The third-order valence-electron chi connectivity index (χ3n) is 5.86. The monoisotopic (exact) mass is 702 g/mol. The molecule has 2 rings (SSSR count). The van der Waals surface area contributed by atoms with Crippen molar-refractivity contribution in [2.75, 3.05) is 20.8 Å². The number of nitrogens with one attached hydrogen (secondary N) is 2. The Morgan fingerprint density at radius 1 is 0.800 bits per heavy atom. The zero-order valence-electron chi connectivity index (χ0n) is 27.0. The lowest BCUT2D eigenvalue weighted by Crippen LogP contribution is -2.47. The third kappa shape index (κ3) is 17.1. The van der Waals surface area contributed by atoms with Crippen molar-refractivity contribution in [3.63, 3.8) is 0 Å². The molecule has 3 N–H and O–H groups in total. The molecular formula is C38H27N2O8PS. The van der Waals surface area contributed by atoms with Gasteiger partial charge < -0.3 is 33.5 Å². The SMILES string of the molecule is CC#CC#CC#CC#CC#CC#CC#CC#CC#CC#CNC(=O)N[C@H]1C[C@H](COC(=O)OCc2ccccc2)C(OP(O)(=S)OC)[C@@H]1OC. The average molecular weight is 703 g/mol. The minimum atomic E-state index is -3.65. The van der Waals surface area contributed by atoms with Crippen LogP contribution in [0.3, 0.4) is 0 Å². The fraction of sp³-hybridized carbons (Fsp3) is 0.263. The van der Waals surface area contributed by atoms with E-state index in [1.54, 1.807) is 19.1 Å². The van der Waals surface area contributed by atoms with E-state index in [0.29, 0.717) is 0 Å². The van der Waals surface area contributed by atoms with Crippen molar-refractivity contribution >= 4 is 30.7 Å². The Morgan fingerprint density at radius 2 is 1.32 bits per heavy atom. The van der Waals surface area contributed by atoms with Gasteiger partial charge in [0, 0.05) is 85.4 Å². The number of carbonyl (C=O) groups excluding carboxylic acids is 2. The van der Waals surface area contributed by atoms with E-state index in [4.69, 9.17) is 35.1 Å². The van der Waals surface area contributed by atoms with Crippen molar-refractivity contribution in [3.05, 3.63) is 35.9 Å². The number of hydrogen-bond donors (Lipinski definition) is 3. The number of rotatable bonds is 9. The van der Waals surface area contributed by atoms with Gasteiger partial charge >= 0.3 is 18.9 Å². The summed E-state index contributed by atoms with van der Waals surface area (Å²) in [6.45, 7) is -2.12. The number of hydrogen-bond acceptors (Lipinski definition) is 8. The van der Waals surface area contributed by atoms with Crippen LogP contribution in [0, 0.1) is 124 Å².